The first-order valence-electron chi connectivity index (χ1n) is 9.75. The van der Waals surface area contributed by atoms with Crippen molar-refractivity contribution in [3.8, 4) is 0 Å². The number of amides is 2. The molecular formula is C20H40INO6S. The highest BCUT2D eigenvalue weighted by atomic mass is 127. The van der Waals surface area contributed by atoms with Gasteiger partial charge in [-0.3, -0.25) is 4.18 Å². The molecule has 1 N–H and O–H groups in total. The molecule has 29 heavy (non-hydrogen) atoms. The number of imide groups is 1. The molecule has 174 valence electrons. The summed E-state index contributed by atoms with van der Waals surface area (Å²) < 4.78 is 15.7. The van der Waals surface area contributed by atoms with Crippen LogP contribution in [0.25, 0.3) is 0 Å². The molecule has 0 fully saturated rings. The predicted octanol–water partition coefficient (Wildman–Crippen LogP) is 6.37. The lowest BCUT2D eigenvalue weighted by molar-refractivity contribution is 0.000778. The topological polar surface area (TPSA) is 85.3 Å². The minimum absolute atomic E-state index is 0.185. The van der Waals surface area contributed by atoms with E-state index in [1.807, 2.05) is 27.7 Å². The van der Waals surface area contributed by atoms with Gasteiger partial charge in [0, 0.05) is 40.8 Å². The van der Waals surface area contributed by atoms with Crippen molar-refractivity contribution in [2.45, 2.75) is 98.9 Å². The molecule has 2 amide bonds. The molecular weight excluding hydrogens is 509 g/mol. The first-order valence-corrected chi connectivity index (χ1v) is 13.0. The first-order chi connectivity index (χ1) is 12.9. The lowest BCUT2D eigenvalue weighted by atomic mass is 10.1. The second-order valence-electron chi connectivity index (χ2n) is 9.67. The van der Waals surface area contributed by atoms with Crippen molar-refractivity contribution in [3.05, 3.63) is 0 Å². The van der Waals surface area contributed by atoms with Gasteiger partial charge in [-0.25, -0.2) is 14.5 Å². The molecule has 0 atom stereocenters. The summed E-state index contributed by atoms with van der Waals surface area (Å²) in [5.74, 6) is 0.377. The van der Waals surface area contributed by atoms with Gasteiger partial charge in [0.05, 0.1) is 14.8 Å². The summed E-state index contributed by atoms with van der Waals surface area (Å²) in [7, 11) is 1.31. The van der Waals surface area contributed by atoms with Crippen LogP contribution >= 0.6 is 30.4 Å². The molecule has 0 heterocycles. The zero-order chi connectivity index (χ0) is 23.5. The Balaban J connectivity index is 0. The van der Waals surface area contributed by atoms with E-state index < -0.39 is 23.4 Å². The van der Waals surface area contributed by atoms with Crippen molar-refractivity contribution in [2.24, 2.45) is 5.92 Å². The molecule has 0 bridgehead atoms. The summed E-state index contributed by atoms with van der Waals surface area (Å²) in [5.41, 5.74) is -1.48. The van der Waals surface area contributed by atoms with Crippen LogP contribution in [0.2, 0.25) is 0 Å². The van der Waals surface area contributed by atoms with Gasteiger partial charge >= 0.3 is 12.2 Å². The van der Waals surface area contributed by atoms with Crippen LogP contribution in [0.3, 0.4) is 0 Å². The Hall–Kier alpha value is -0.260. The summed E-state index contributed by atoms with van der Waals surface area (Å²) in [4.78, 5) is 25.2. The average molecular weight is 550 g/mol. The Morgan fingerprint density at radius 2 is 1.38 bits per heavy atom. The molecule has 0 spiro atoms. The number of ether oxygens (including phenoxy) is 2. The van der Waals surface area contributed by atoms with Gasteiger partial charge in [-0.2, -0.15) is 0 Å². The lowest BCUT2D eigenvalue weighted by Gasteiger charge is -2.28. The summed E-state index contributed by atoms with van der Waals surface area (Å²) in [6.45, 7) is 19.0. The zero-order valence-electron chi connectivity index (χ0n) is 19.6. The smallest absolute Gasteiger partial charge is 0.419 e. The van der Waals surface area contributed by atoms with E-state index in [0.717, 1.165) is 4.90 Å². The summed E-state index contributed by atoms with van der Waals surface area (Å²) >= 11 is 2.07. The highest BCUT2D eigenvalue weighted by molar-refractivity contribution is 14.2. The van der Waals surface area contributed by atoms with Crippen LogP contribution in [0.5, 0.6) is 0 Å². The van der Waals surface area contributed by atoms with Crippen LogP contribution in [0, 0.1) is 5.92 Å². The molecule has 0 aromatic carbocycles. The van der Waals surface area contributed by atoms with Crippen LogP contribution in [-0.4, -0.2) is 52.1 Å². The Kier molecular flexibility index (Phi) is 14.9. The second-order valence-corrected chi connectivity index (χ2v) is 11.0. The molecule has 0 aromatic rings. The molecule has 9 heteroatoms. The monoisotopic (exact) mass is 549 g/mol. The van der Waals surface area contributed by atoms with Crippen LogP contribution in [0.1, 0.15) is 82.1 Å². The molecule has 0 aliphatic rings. The third-order valence-corrected chi connectivity index (χ3v) is 4.18. The normalized spacial score (nSPS) is 12.2. The number of carbonyl (C=O) groups excluding carboxylic acids is 2. The maximum Gasteiger partial charge on any atom is 0.419 e. The van der Waals surface area contributed by atoms with Crippen molar-refractivity contribution >= 4 is 42.6 Å². The summed E-state index contributed by atoms with van der Waals surface area (Å²) in [6.07, 6.45) is 0.0707. The molecule has 0 aromatic heterocycles. The van der Waals surface area contributed by atoms with Crippen molar-refractivity contribution in [3.63, 3.8) is 0 Å². The van der Waals surface area contributed by atoms with E-state index in [4.69, 9.17) is 18.8 Å². The van der Waals surface area contributed by atoms with E-state index in [0.29, 0.717) is 25.3 Å². The standard InChI is InChI=1S/C15H29NO4.C5H11IO2S/c1-11(2)9-10-16(12(17)19-14(3,4)5)13(18)20-15(6,7)8;1-5(2,3-4-7)8-9-6/h11H,9-10H2,1-8H3;7H,3-4H2,1-2H3. The number of nitrogens with zero attached hydrogens (tertiary/aromatic N) is 1. The largest absolute Gasteiger partial charge is 0.443 e. The van der Waals surface area contributed by atoms with Crippen molar-refractivity contribution in [1.29, 1.82) is 0 Å². The number of rotatable bonds is 7. The van der Waals surface area contributed by atoms with Crippen molar-refractivity contribution in [1.82, 2.24) is 4.90 Å². The SMILES string of the molecule is CC(C)(CCO)OSI.CC(C)CCN(C(=O)OC(C)(C)C)C(=O)OC(C)(C)C. The summed E-state index contributed by atoms with van der Waals surface area (Å²) in [5, 5.41) is 8.54. The van der Waals surface area contributed by atoms with Gasteiger partial charge in [-0.1, -0.05) is 13.8 Å². The van der Waals surface area contributed by atoms with E-state index in [1.165, 1.54) is 9.21 Å². The second kappa shape index (κ2) is 13.9. The van der Waals surface area contributed by atoms with Crippen LogP contribution in [-0.2, 0) is 13.7 Å². The van der Waals surface area contributed by atoms with E-state index >= 15 is 0 Å². The number of hydrogen-bond acceptors (Lipinski definition) is 7. The molecule has 0 saturated carbocycles. The van der Waals surface area contributed by atoms with Crippen LogP contribution in [0.4, 0.5) is 9.59 Å². The fourth-order valence-electron chi connectivity index (χ4n) is 1.67. The maximum absolute atomic E-state index is 12.1. The first kappa shape index (κ1) is 30.9. The minimum Gasteiger partial charge on any atom is -0.443 e. The Labute approximate surface area is 193 Å². The van der Waals surface area contributed by atoms with Crippen LogP contribution < -0.4 is 0 Å². The highest BCUT2D eigenvalue weighted by Crippen LogP contribution is 2.25. The molecule has 0 aliphatic heterocycles. The van der Waals surface area contributed by atoms with Gasteiger partial charge in [-0.05, 0) is 67.7 Å². The molecule has 0 rings (SSSR count). The Morgan fingerprint density at radius 1 is 0.966 bits per heavy atom. The van der Waals surface area contributed by atoms with Gasteiger partial charge in [-0.15, -0.1) is 0 Å². The minimum atomic E-state index is -0.660. The van der Waals surface area contributed by atoms with E-state index in [-0.39, 0.29) is 12.2 Å². The average Bonchev–Trinajstić information content (AvgIpc) is 2.43. The Morgan fingerprint density at radius 3 is 1.66 bits per heavy atom. The van der Waals surface area contributed by atoms with Crippen molar-refractivity contribution < 1.29 is 28.4 Å². The molecule has 0 aliphatic carbocycles. The molecule has 0 unspecified atom stereocenters. The third kappa shape index (κ3) is 19.4. The maximum atomic E-state index is 12.1. The van der Waals surface area contributed by atoms with Gasteiger partial charge in [0.15, 0.2) is 0 Å². The lowest BCUT2D eigenvalue weighted by Crippen LogP contribution is -2.44. The van der Waals surface area contributed by atoms with Gasteiger partial charge in [0.25, 0.3) is 0 Å². The van der Waals surface area contributed by atoms with Gasteiger partial charge in [0.1, 0.15) is 11.2 Å². The number of halogens is 1. The molecule has 7 nitrogen and oxygen atoms in total. The summed E-state index contributed by atoms with van der Waals surface area (Å²) in [6, 6.07) is 0. The predicted molar refractivity (Wildman–Crippen MR) is 127 cm³/mol. The zero-order valence-corrected chi connectivity index (χ0v) is 22.6. The highest BCUT2D eigenvalue weighted by Gasteiger charge is 2.30. The van der Waals surface area contributed by atoms with E-state index in [9.17, 15) is 9.59 Å². The van der Waals surface area contributed by atoms with E-state index in [1.54, 1.807) is 41.5 Å². The van der Waals surface area contributed by atoms with Crippen molar-refractivity contribution in [2.75, 3.05) is 13.2 Å². The molecule has 0 saturated heterocycles. The number of aliphatic hydroxyl groups is 1. The molecule has 0 radical (unpaired) electrons. The van der Waals surface area contributed by atoms with E-state index in [2.05, 4.69) is 21.2 Å². The number of aliphatic hydroxyl groups excluding tert-OH is 1. The van der Waals surface area contributed by atoms with Gasteiger partial charge in [0.2, 0.25) is 0 Å². The third-order valence-electron chi connectivity index (χ3n) is 3.13. The quantitative estimate of drug-likeness (QED) is 0.292. The van der Waals surface area contributed by atoms with Gasteiger partial charge < -0.3 is 14.6 Å². The Bertz CT molecular complexity index is 450. The number of hydrogen-bond donors (Lipinski definition) is 1. The fraction of sp³-hybridized carbons (Fsp3) is 0.900. The van der Waals surface area contributed by atoms with Crippen LogP contribution in [0.15, 0.2) is 0 Å². The fourth-order valence-corrected chi connectivity index (χ4v) is 3.39. The number of carbonyl (C=O) groups is 2.